The first-order valence-electron chi connectivity index (χ1n) is 11.7. The summed E-state index contributed by atoms with van der Waals surface area (Å²) in [7, 11) is 1.44. The molecule has 7 rings (SSSR count). The number of anilines is 1. The average Bonchev–Trinajstić information content (AvgIpc) is 3.53. The number of benzene rings is 1. The molecule has 7 nitrogen and oxygen atoms in total. The molecule has 5 heterocycles. The molecular formula is C26H30N4O3. The van der Waals surface area contributed by atoms with Crippen molar-refractivity contribution in [3.8, 4) is 0 Å². The number of carbonyl (C=O) groups excluding carboxylic acids is 1. The molecule has 4 fully saturated rings. The van der Waals surface area contributed by atoms with Crippen LogP contribution in [0, 0.1) is 12.3 Å². The van der Waals surface area contributed by atoms with Gasteiger partial charge in [0.05, 0.1) is 24.6 Å². The number of rotatable bonds is 4. The minimum atomic E-state index is -0.669. The van der Waals surface area contributed by atoms with Crippen LogP contribution in [0.25, 0.3) is 5.65 Å². The molecule has 2 atom stereocenters. The Morgan fingerprint density at radius 2 is 1.97 bits per heavy atom. The molecule has 33 heavy (non-hydrogen) atoms. The van der Waals surface area contributed by atoms with E-state index in [4.69, 9.17) is 19.6 Å². The van der Waals surface area contributed by atoms with Crippen LogP contribution >= 0.6 is 0 Å². The Kier molecular flexibility index (Phi) is 4.25. The van der Waals surface area contributed by atoms with Crippen LogP contribution in [0.15, 0.2) is 42.6 Å². The van der Waals surface area contributed by atoms with Gasteiger partial charge in [-0.3, -0.25) is 4.79 Å². The van der Waals surface area contributed by atoms with E-state index in [-0.39, 0.29) is 17.0 Å². The lowest BCUT2D eigenvalue weighted by molar-refractivity contribution is -0.158. The van der Waals surface area contributed by atoms with Crippen LogP contribution in [0.5, 0.6) is 0 Å². The van der Waals surface area contributed by atoms with E-state index in [1.807, 2.05) is 11.4 Å². The third kappa shape index (κ3) is 2.94. The van der Waals surface area contributed by atoms with Crippen molar-refractivity contribution in [1.82, 2.24) is 14.6 Å². The maximum atomic E-state index is 12.6. The van der Waals surface area contributed by atoms with Gasteiger partial charge in [0.1, 0.15) is 11.5 Å². The minimum Gasteiger partial charge on any atom is -0.469 e. The number of hydrogen-bond acceptors (Lipinski definition) is 6. The van der Waals surface area contributed by atoms with Crippen molar-refractivity contribution in [2.45, 2.75) is 57.2 Å². The summed E-state index contributed by atoms with van der Waals surface area (Å²) in [6, 6.07) is 13.0. The molecule has 172 valence electrons. The van der Waals surface area contributed by atoms with Crippen LogP contribution in [-0.4, -0.2) is 46.4 Å². The van der Waals surface area contributed by atoms with Crippen molar-refractivity contribution in [3.63, 3.8) is 0 Å². The van der Waals surface area contributed by atoms with E-state index in [0.29, 0.717) is 18.7 Å². The molecule has 0 amide bonds. The van der Waals surface area contributed by atoms with Crippen LogP contribution in [0.3, 0.4) is 0 Å². The Balaban J connectivity index is 1.32. The van der Waals surface area contributed by atoms with E-state index in [9.17, 15) is 4.79 Å². The maximum Gasteiger partial charge on any atom is 0.315 e. The van der Waals surface area contributed by atoms with Gasteiger partial charge in [0.25, 0.3) is 0 Å². The van der Waals surface area contributed by atoms with Crippen LogP contribution < -0.4 is 4.90 Å². The summed E-state index contributed by atoms with van der Waals surface area (Å²) in [5, 5.41) is 4.80. The number of aromatic nitrogens is 3. The molecule has 0 spiro atoms. The zero-order valence-corrected chi connectivity index (χ0v) is 19.7. The number of methoxy groups -OCH3 is 1. The number of nitrogens with zero attached hydrogens (tertiary/aromatic N) is 4. The van der Waals surface area contributed by atoms with Crippen molar-refractivity contribution in [3.05, 3.63) is 59.5 Å². The lowest BCUT2D eigenvalue weighted by Crippen LogP contribution is -2.48. The largest absolute Gasteiger partial charge is 0.469 e. The smallest absolute Gasteiger partial charge is 0.315 e. The summed E-state index contributed by atoms with van der Waals surface area (Å²) in [4.78, 5) is 19.9. The van der Waals surface area contributed by atoms with E-state index >= 15 is 0 Å². The van der Waals surface area contributed by atoms with Crippen molar-refractivity contribution in [1.29, 1.82) is 0 Å². The molecule has 4 aliphatic rings. The normalized spacial score (nSPS) is 32.8. The predicted octanol–water partition coefficient (Wildman–Crippen LogP) is 3.99. The molecule has 3 aliphatic heterocycles. The molecule has 3 saturated heterocycles. The van der Waals surface area contributed by atoms with Gasteiger partial charge in [0.2, 0.25) is 0 Å². The van der Waals surface area contributed by atoms with E-state index in [1.54, 1.807) is 0 Å². The fourth-order valence-electron chi connectivity index (χ4n) is 6.39. The Bertz CT molecular complexity index is 1250. The van der Waals surface area contributed by atoms with Crippen LogP contribution in [-0.2, 0) is 19.7 Å². The molecule has 1 aromatic carbocycles. The number of esters is 1. The summed E-state index contributed by atoms with van der Waals surface area (Å²) in [5.74, 6) is 0.341. The number of carbonyl (C=O) groups is 1. The van der Waals surface area contributed by atoms with Crippen molar-refractivity contribution >= 4 is 17.3 Å². The number of ether oxygens (including phenoxy) is 2. The number of fused-ring (bicyclic) bond motifs is 2. The summed E-state index contributed by atoms with van der Waals surface area (Å²) >= 11 is 0. The van der Waals surface area contributed by atoms with E-state index in [0.717, 1.165) is 36.4 Å². The summed E-state index contributed by atoms with van der Waals surface area (Å²) in [6.45, 7) is 8.41. The highest BCUT2D eigenvalue weighted by Gasteiger charge is 2.71. The van der Waals surface area contributed by atoms with Gasteiger partial charge in [-0.1, -0.05) is 37.3 Å². The minimum absolute atomic E-state index is 0.124. The highest BCUT2D eigenvalue weighted by molar-refractivity contribution is 5.80. The van der Waals surface area contributed by atoms with Gasteiger partial charge in [-0.25, -0.2) is 9.50 Å². The molecule has 0 radical (unpaired) electrons. The molecule has 0 N–H and O–H groups in total. The quantitative estimate of drug-likeness (QED) is 0.565. The van der Waals surface area contributed by atoms with Crippen LogP contribution in [0.1, 0.15) is 56.2 Å². The Morgan fingerprint density at radius 3 is 2.70 bits per heavy atom. The number of pyridine rings is 1. The lowest BCUT2D eigenvalue weighted by Gasteiger charge is -2.40. The third-order valence-corrected chi connectivity index (χ3v) is 8.04. The first-order chi connectivity index (χ1) is 15.8. The van der Waals surface area contributed by atoms with Gasteiger partial charge in [0, 0.05) is 18.5 Å². The fraction of sp³-hybridized carbons (Fsp3) is 0.500. The second-order valence-electron chi connectivity index (χ2n) is 10.7. The zero-order valence-electron chi connectivity index (χ0n) is 19.7. The molecule has 3 aromatic rings. The molecule has 1 unspecified atom stereocenters. The Morgan fingerprint density at radius 1 is 1.21 bits per heavy atom. The predicted molar refractivity (Wildman–Crippen MR) is 124 cm³/mol. The second-order valence-corrected chi connectivity index (χ2v) is 10.7. The van der Waals surface area contributed by atoms with Gasteiger partial charge in [-0.2, -0.15) is 0 Å². The zero-order chi connectivity index (χ0) is 23.0. The standard InChI is InChI=1S/C26H30N4O3/c1-17-12-19(29-11-10-24(2,16-29)18-8-6-5-7-9-18)13-30-22(17)27-21(28-30)20-26(23(31)32-4)14-25(3,15-26)33-20/h5-9,12-13,20H,10-11,14-16H2,1-4H3/t20?,24-,25?,26?/m0/s1. The topological polar surface area (TPSA) is 69.0 Å². The molecule has 2 bridgehead atoms. The Labute approximate surface area is 193 Å². The summed E-state index contributed by atoms with van der Waals surface area (Å²) in [6.07, 6.45) is 4.01. The monoisotopic (exact) mass is 446 g/mol. The second kappa shape index (κ2) is 6.79. The number of hydrogen-bond donors (Lipinski definition) is 0. The van der Waals surface area contributed by atoms with Crippen LogP contribution in [0.4, 0.5) is 5.69 Å². The third-order valence-electron chi connectivity index (χ3n) is 8.04. The van der Waals surface area contributed by atoms with Crippen molar-refractivity contribution in [2.24, 2.45) is 5.41 Å². The van der Waals surface area contributed by atoms with Gasteiger partial charge < -0.3 is 14.4 Å². The first-order valence-corrected chi connectivity index (χ1v) is 11.7. The highest BCUT2D eigenvalue weighted by atomic mass is 16.6. The molecule has 7 heteroatoms. The fourth-order valence-corrected chi connectivity index (χ4v) is 6.39. The lowest BCUT2D eigenvalue weighted by atomic mass is 9.60. The Hall–Kier alpha value is -2.93. The number of aryl methyl sites for hydroxylation is 1. The van der Waals surface area contributed by atoms with E-state index in [2.05, 4.69) is 61.3 Å². The van der Waals surface area contributed by atoms with Gasteiger partial charge in [0.15, 0.2) is 11.5 Å². The van der Waals surface area contributed by atoms with Crippen LogP contribution in [0.2, 0.25) is 0 Å². The van der Waals surface area contributed by atoms with Gasteiger partial charge in [-0.15, -0.1) is 5.10 Å². The maximum absolute atomic E-state index is 12.6. The molecule has 1 aliphatic carbocycles. The average molecular weight is 447 g/mol. The van der Waals surface area contributed by atoms with Crippen molar-refractivity contribution < 1.29 is 14.3 Å². The summed E-state index contributed by atoms with van der Waals surface area (Å²) in [5.41, 5.74) is 3.54. The van der Waals surface area contributed by atoms with Gasteiger partial charge >= 0.3 is 5.97 Å². The highest BCUT2D eigenvalue weighted by Crippen LogP contribution is 2.67. The van der Waals surface area contributed by atoms with Crippen molar-refractivity contribution in [2.75, 3.05) is 25.1 Å². The van der Waals surface area contributed by atoms with E-state index in [1.165, 1.54) is 12.7 Å². The molecular weight excluding hydrogens is 416 g/mol. The first kappa shape index (κ1) is 20.7. The van der Waals surface area contributed by atoms with E-state index < -0.39 is 11.5 Å². The molecule has 2 aromatic heterocycles. The molecule has 1 saturated carbocycles. The summed E-state index contributed by atoms with van der Waals surface area (Å²) < 4.78 is 13.2. The SMILES string of the molecule is COC(=O)C12CC(C)(C1)OC2c1nc2c(C)cc(N3CC[C@](C)(c4ccccc4)C3)cn2n1. The van der Waals surface area contributed by atoms with Gasteiger partial charge in [-0.05, 0) is 50.3 Å².